The number of rotatable bonds is 9. The molecule has 0 amide bonds. The summed E-state index contributed by atoms with van der Waals surface area (Å²) in [4.78, 5) is 8.11. The summed E-state index contributed by atoms with van der Waals surface area (Å²) in [5, 5.41) is 17.8. The van der Waals surface area contributed by atoms with Crippen molar-refractivity contribution in [3.63, 3.8) is 0 Å². The Morgan fingerprint density at radius 2 is 2.00 bits per heavy atom. The van der Waals surface area contributed by atoms with Crippen LogP contribution in [-0.2, 0) is 4.74 Å². The lowest BCUT2D eigenvalue weighted by Gasteiger charge is -2.33. The van der Waals surface area contributed by atoms with Crippen molar-refractivity contribution in [1.82, 2.24) is 15.5 Å². The predicted molar refractivity (Wildman–Crippen MR) is 114 cm³/mol. The molecule has 0 radical (unpaired) electrons. The zero-order valence-corrected chi connectivity index (χ0v) is 17.6. The highest BCUT2D eigenvalue weighted by atomic mass is 32.2. The van der Waals surface area contributed by atoms with Gasteiger partial charge in [0.15, 0.2) is 5.96 Å². The Morgan fingerprint density at radius 1 is 1.30 bits per heavy atom. The molecular formula is C20H34N4O2S. The van der Waals surface area contributed by atoms with Crippen LogP contribution in [0.5, 0.6) is 0 Å². The van der Waals surface area contributed by atoms with Crippen molar-refractivity contribution in [2.24, 2.45) is 4.99 Å². The highest BCUT2D eigenvalue weighted by Crippen LogP contribution is 2.21. The molecule has 0 aliphatic carbocycles. The lowest BCUT2D eigenvalue weighted by molar-refractivity contribution is -0.0179. The van der Waals surface area contributed by atoms with Gasteiger partial charge in [0.1, 0.15) is 0 Å². The van der Waals surface area contributed by atoms with Crippen molar-refractivity contribution < 1.29 is 9.84 Å². The van der Waals surface area contributed by atoms with E-state index in [-0.39, 0.29) is 0 Å². The molecule has 1 aliphatic rings. The number of ether oxygens (including phenoxy) is 1. The monoisotopic (exact) mass is 394 g/mol. The third kappa shape index (κ3) is 8.97. The van der Waals surface area contributed by atoms with Gasteiger partial charge in [-0.05, 0) is 26.0 Å². The Morgan fingerprint density at radius 3 is 2.67 bits per heavy atom. The largest absolute Gasteiger partial charge is 0.387 e. The molecule has 2 unspecified atom stereocenters. The van der Waals surface area contributed by atoms with Crippen molar-refractivity contribution in [3.05, 3.63) is 30.3 Å². The lowest BCUT2D eigenvalue weighted by Crippen LogP contribution is -2.48. The number of β-amino-alcohol motifs (C(OH)–C–C–N with tert-alkyl or cyclic N) is 1. The van der Waals surface area contributed by atoms with Gasteiger partial charge in [-0.3, -0.25) is 9.89 Å². The fourth-order valence-electron chi connectivity index (χ4n) is 2.90. The van der Waals surface area contributed by atoms with Crippen LogP contribution in [0.15, 0.2) is 40.2 Å². The van der Waals surface area contributed by atoms with Crippen molar-refractivity contribution in [2.75, 3.05) is 52.5 Å². The van der Waals surface area contributed by atoms with Crippen LogP contribution in [0.3, 0.4) is 0 Å². The van der Waals surface area contributed by atoms with Gasteiger partial charge in [0.25, 0.3) is 0 Å². The Labute approximate surface area is 167 Å². The van der Waals surface area contributed by atoms with Gasteiger partial charge in [-0.1, -0.05) is 25.1 Å². The summed E-state index contributed by atoms with van der Waals surface area (Å²) < 4.78 is 5.37. The van der Waals surface area contributed by atoms with Crippen LogP contribution in [-0.4, -0.2) is 79.3 Å². The maximum Gasteiger partial charge on any atom is 0.191 e. The normalized spacial score (nSPS) is 19.3. The Bertz CT molecular complexity index is 562. The molecule has 1 aromatic rings. The molecule has 1 fully saturated rings. The Kier molecular flexibility index (Phi) is 9.41. The second-order valence-electron chi connectivity index (χ2n) is 7.20. The first-order valence-corrected chi connectivity index (χ1v) is 10.6. The third-order valence-corrected chi connectivity index (χ3v) is 5.34. The zero-order valence-electron chi connectivity index (χ0n) is 16.8. The minimum Gasteiger partial charge on any atom is -0.387 e. The SMILES string of the molecule is CCNC(=NCC(C)(O)CN1CCOCC1)NCC(C)Sc1ccccc1. The smallest absolute Gasteiger partial charge is 0.191 e. The molecule has 1 aromatic carbocycles. The van der Waals surface area contributed by atoms with Crippen molar-refractivity contribution in [1.29, 1.82) is 0 Å². The lowest BCUT2D eigenvalue weighted by atomic mass is 10.1. The first-order valence-electron chi connectivity index (χ1n) is 9.75. The van der Waals surface area contributed by atoms with Gasteiger partial charge in [0.05, 0.1) is 25.4 Å². The molecule has 0 saturated carbocycles. The summed E-state index contributed by atoms with van der Waals surface area (Å²) in [7, 11) is 0. The maximum absolute atomic E-state index is 10.7. The van der Waals surface area contributed by atoms with E-state index in [1.165, 1.54) is 4.90 Å². The van der Waals surface area contributed by atoms with Crippen LogP contribution in [0.2, 0.25) is 0 Å². The van der Waals surface area contributed by atoms with Crippen LogP contribution >= 0.6 is 11.8 Å². The van der Waals surface area contributed by atoms with Crippen LogP contribution in [0.4, 0.5) is 0 Å². The van der Waals surface area contributed by atoms with Gasteiger partial charge in [0.2, 0.25) is 0 Å². The molecule has 6 nitrogen and oxygen atoms in total. The number of morpholine rings is 1. The molecule has 1 heterocycles. The molecule has 0 aromatic heterocycles. The average molecular weight is 395 g/mol. The van der Waals surface area contributed by atoms with E-state index in [9.17, 15) is 5.11 Å². The summed E-state index contributed by atoms with van der Waals surface area (Å²) in [5.74, 6) is 0.750. The molecule has 3 N–H and O–H groups in total. The second-order valence-corrected chi connectivity index (χ2v) is 8.71. The summed E-state index contributed by atoms with van der Waals surface area (Å²) in [6.45, 7) is 11.9. The van der Waals surface area contributed by atoms with Crippen LogP contribution in [0.1, 0.15) is 20.8 Å². The molecule has 2 atom stereocenters. The highest BCUT2D eigenvalue weighted by Gasteiger charge is 2.25. The first kappa shape index (κ1) is 22.0. The Hall–Kier alpha value is -1.28. The van der Waals surface area contributed by atoms with E-state index < -0.39 is 5.60 Å². The third-order valence-electron chi connectivity index (χ3n) is 4.23. The maximum atomic E-state index is 10.7. The van der Waals surface area contributed by atoms with Crippen LogP contribution < -0.4 is 10.6 Å². The van der Waals surface area contributed by atoms with Crippen molar-refractivity contribution in [2.45, 2.75) is 36.5 Å². The highest BCUT2D eigenvalue weighted by molar-refractivity contribution is 8.00. The van der Waals surface area contributed by atoms with E-state index in [1.807, 2.05) is 31.7 Å². The van der Waals surface area contributed by atoms with Crippen LogP contribution in [0, 0.1) is 0 Å². The number of aliphatic imine (C=N–C) groups is 1. The second kappa shape index (κ2) is 11.5. The summed E-state index contributed by atoms with van der Waals surface area (Å²) in [6.07, 6.45) is 0. The van der Waals surface area contributed by atoms with E-state index in [1.54, 1.807) is 0 Å². The van der Waals surface area contributed by atoms with E-state index in [4.69, 9.17) is 4.74 Å². The minimum atomic E-state index is -0.857. The number of benzene rings is 1. The van der Waals surface area contributed by atoms with E-state index >= 15 is 0 Å². The van der Waals surface area contributed by atoms with E-state index in [2.05, 4.69) is 51.7 Å². The Balaban J connectivity index is 1.81. The zero-order chi connectivity index (χ0) is 19.5. The van der Waals surface area contributed by atoms with Crippen molar-refractivity contribution >= 4 is 17.7 Å². The minimum absolute atomic E-state index is 0.361. The van der Waals surface area contributed by atoms with Crippen LogP contribution in [0.25, 0.3) is 0 Å². The van der Waals surface area contributed by atoms with E-state index in [0.717, 1.165) is 45.4 Å². The summed E-state index contributed by atoms with van der Waals surface area (Å²) in [5.41, 5.74) is -0.857. The summed E-state index contributed by atoms with van der Waals surface area (Å²) >= 11 is 1.84. The number of nitrogens with one attached hydrogen (secondary N) is 2. The molecule has 0 bridgehead atoms. The molecule has 1 saturated heterocycles. The van der Waals surface area contributed by atoms with Gasteiger partial charge >= 0.3 is 0 Å². The van der Waals surface area contributed by atoms with Gasteiger partial charge < -0.3 is 20.5 Å². The molecule has 1 aliphatic heterocycles. The van der Waals surface area contributed by atoms with Gasteiger partial charge in [-0.15, -0.1) is 11.8 Å². The molecule has 27 heavy (non-hydrogen) atoms. The van der Waals surface area contributed by atoms with E-state index in [0.29, 0.717) is 18.3 Å². The molecule has 2 rings (SSSR count). The number of hydrogen-bond acceptors (Lipinski definition) is 5. The number of hydrogen-bond donors (Lipinski definition) is 3. The molecule has 7 heteroatoms. The molecule has 152 valence electrons. The molecular weight excluding hydrogens is 360 g/mol. The standard InChI is InChI=1S/C20H34N4O2S/c1-4-21-19(22-14-17(2)27-18-8-6-5-7-9-18)23-15-20(3,25)16-24-10-12-26-13-11-24/h5-9,17,25H,4,10-16H2,1-3H3,(H2,21,22,23). The fraction of sp³-hybridized carbons (Fsp3) is 0.650. The van der Waals surface area contributed by atoms with Crippen molar-refractivity contribution in [3.8, 4) is 0 Å². The number of guanidine groups is 1. The molecule has 0 spiro atoms. The fourth-order valence-corrected chi connectivity index (χ4v) is 3.84. The van der Waals surface area contributed by atoms with Gasteiger partial charge in [0, 0.05) is 42.9 Å². The topological polar surface area (TPSA) is 69.1 Å². The van der Waals surface area contributed by atoms with Gasteiger partial charge in [-0.2, -0.15) is 0 Å². The quantitative estimate of drug-likeness (QED) is 0.337. The number of aliphatic hydroxyl groups is 1. The first-order chi connectivity index (χ1) is 13.0. The van der Waals surface area contributed by atoms with Gasteiger partial charge in [-0.25, -0.2) is 0 Å². The predicted octanol–water partition coefficient (Wildman–Crippen LogP) is 1.81. The summed E-state index contributed by atoms with van der Waals surface area (Å²) in [6, 6.07) is 10.4. The number of nitrogens with zero attached hydrogens (tertiary/aromatic N) is 2. The average Bonchev–Trinajstić information content (AvgIpc) is 2.65. The number of thioether (sulfide) groups is 1.